The fourth-order valence-corrected chi connectivity index (χ4v) is 3.26. The van der Waals surface area contributed by atoms with E-state index in [0.717, 1.165) is 10.7 Å². The number of allylic oxidation sites excluding steroid dienone is 6. The van der Waals surface area contributed by atoms with Gasteiger partial charge < -0.3 is 0 Å². The molecule has 0 radical (unpaired) electrons. The second-order valence-electron chi connectivity index (χ2n) is 5.35. The third-order valence-corrected chi connectivity index (χ3v) is 4.66. The van der Waals surface area contributed by atoms with E-state index in [-0.39, 0.29) is 10.8 Å². The molecule has 4 rings (SSSR count). The molecule has 3 nitrogen and oxygen atoms in total. The molecule has 3 heteroatoms. The molecule has 0 fully saturated rings. The highest BCUT2D eigenvalue weighted by atomic mass is 15.3. The first-order valence-electron chi connectivity index (χ1n) is 5.88. The van der Waals surface area contributed by atoms with E-state index in [2.05, 4.69) is 65.7 Å². The summed E-state index contributed by atoms with van der Waals surface area (Å²) in [6, 6.07) is 0. The fourth-order valence-electron chi connectivity index (χ4n) is 3.26. The van der Waals surface area contributed by atoms with Gasteiger partial charge in [-0.1, -0.05) is 49.4 Å². The topological polar surface area (TPSA) is 41.6 Å². The Labute approximate surface area is 98.9 Å². The molecule has 0 bridgehead atoms. The van der Waals surface area contributed by atoms with E-state index in [1.165, 1.54) is 11.1 Å². The number of hydrogen-bond donors (Lipinski definition) is 1. The highest BCUT2D eigenvalue weighted by molar-refractivity contribution is 5.78. The summed E-state index contributed by atoms with van der Waals surface area (Å²) >= 11 is 0. The van der Waals surface area contributed by atoms with Crippen molar-refractivity contribution in [1.29, 1.82) is 0 Å². The van der Waals surface area contributed by atoms with Crippen LogP contribution in [0.2, 0.25) is 0 Å². The number of H-pyrrole nitrogens is 1. The number of hydrogen-bond acceptors (Lipinski definition) is 2. The predicted molar refractivity (Wildman–Crippen MR) is 66.1 cm³/mol. The zero-order chi connectivity index (χ0) is 11.7. The number of nitrogens with one attached hydrogen (secondary N) is 1. The van der Waals surface area contributed by atoms with Crippen LogP contribution in [0, 0.1) is 10.8 Å². The highest BCUT2D eigenvalue weighted by Gasteiger charge is 2.52. The summed E-state index contributed by atoms with van der Waals surface area (Å²) in [7, 11) is 0. The van der Waals surface area contributed by atoms with Gasteiger partial charge in [0.2, 0.25) is 0 Å². The fraction of sp³-hybridized carbons (Fsp3) is 0.286. The van der Waals surface area contributed by atoms with Crippen LogP contribution >= 0.6 is 0 Å². The highest BCUT2D eigenvalue weighted by Crippen LogP contribution is 2.61. The quantitative estimate of drug-likeness (QED) is 0.707. The van der Waals surface area contributed by atoms with Gasteiger partial charge in [0.25, 0.3) is 0 Å². The Morgan fingerprint density at radius 2 is 1.94 bits per heavy atom. The van der Waals surface area contributed by atoms with E-state index >= 15 is 0 Å². The summed E-state index contributed by atoms with van der Waals surface area (Å²) in [6.07, 6.45) is 13.3. The van der Waals surface area contributed by atoms with E-state index in [9.17, 15) is 0 Å². The van der Waals surface area contributed by atoms with Crippen molar-refractivity contribution in [1.82, 2.24) is 15.4 Å². The Hall–Kier alpha value is -1.90. The van der Waals surface area contributed by atoms with Crippen LogP contribution in [0.1, 0.15) is 13.8 Å². The van der Waals surface area contributed by atoms with E-state index in [0.29, 0.717) is 0 Å². The van der Waals surface area contributed by atoms with Crippen molar-refractivity contribution in [2.75, 3.05) is 0 Å². The van der Waals surface area contributed by atoms with Crippen molar-refractivity contribution in [2.45, 2.75) is 13.8 Å². The molecule has 2 atom stereocenters. The molecule has 3 aliphatic rings. The second kappa shape index (κ2) is 2.50. The number of fused-ring (bicyclic) bond motifs is 1. The molecule has 0 saturated heterocycles. The number of aromatic amines is 1. The smallest absolute Gasteiger partial charge is 0.117 e. The maximum Gasteiger partial charge on any atom is 0.117 e. The molecule has 84 valence electrons. The van der Waals surface area contributed by atoms with Crippen LogP contribution in [0.15, 0.2) is 36.0 Å². The van der Waals surface area contributed by atoms with Crippen LogP contribution in [0.5, 0.6) is 0 Å². The maximum atomic E-state index is 4.25. The molecule has 1 aromatic heterocycles. The molecule has 1 N–H and O–H groups in total. The van der Waals surface area contributed by atoms with Crippen LogP contribution in [0.25, 0.3) is 11.6 Å². The van der Waals surface area contributed by atoms with Gasteiger partial charge in [0.15, 0.2) is 0 Å². The Morgan fingerprint density at radius 3 is 2.82 bits per heavy atom. The van der Waals surface area contributed by atoms with Gasteiger partial charge in [-0.05, 0) is 17.2 Å². The molecular formula is C14H13N3. The van der Waals surface area contributed by atoms with Crippen molar-refractivity contribution in [2.24, 2.45) is 10.8 Å². The van der Waals surface area contributed by atoms with Gasteiger partial charge in [0.1, 0.15) is 5.35 Å². The number of rotatable bonds is 0. The molecule has 2 unspecified atom stereocenters. The van der Waals surface area contributed by atoms with Crippen LogP contribution in [0.3, 0.4) is 0 Å². The van der Waals surface area contributed by atoms with Crippen molar-refractivity contribution >= 4 is 11.6 Å². The maximum absolute atomic E-state index is 4.25. The zero-order valence-electron chi connectivity index (χ0n) is 9.86. The van der Waals surface area contributed by atoms with Gasteiger partial charge in [-0.2, -0.15) is 0 Å². The second-order valence-corrected chi connectivity index (χ2v) is 5.35. The van der Waals surface area contributed by atoms with E-state index in [4.69, 9.17) is 0 Å². The monoisotopic (exact) mass is 223 g/mol. The lowest BCUT2D eigenvalue weighted by Crippen LogP contribution is -2.35. The van der Waals surface area contributed by atoms with E-state index in [1.807, 2.05) is 0 Å². The molecule has 0 aliphatic heterocycles. The molecule has 0 saturated carbocycles. The first kappa shape index (κ1) is 9.16. The van der Waals surface area contributed by atoms with Gasteiger partial charge in [0, 0.05) is 10.8 Å². The van der Waals surface area contributed by atoms with Crippen LogP contribution in [0.4, 0.5) is 0 Å². The minimum Gasteiger partial charge on any atom is -0.258 e. The third-order valence-electron chi connectivity index (χ3n) is 4.66. The number of aromatic nitrogens is 3. The first-order chi connectivity index (χ1) is 8.15. The minimum absolute atomic E-state index is 0.00558. The summed E-state index contributed by atoms with van der Waals surface area (Å²) in [5.41, 5.74) is 2.70. The van der Waals surface area contributed by atoms with Crippen LogP contribution in [-0.4, -0.2) is 15.4 Å². The van der Waals surface area contributed by atoms with E-state index < -0.39 is 0 Å². The third kappa shape index (κ3) is 0.822. The molecule has 0 aromatic carbocycles. The van der Waals surface area contributed by atoms with Crippen molar-refractivity contribution in [3.05, 3.63) is 46.7 Å². The van der Waals surface area contributed by atoms with Crippen LogP contribution < -0.4 is 10.7 Å². The van der Waals surface area contributed by atoms with Crippen molar-refractivity contribution in [3.8, 4) is 0 Å². The Morgan fingerprint density at radius 1 is 1.12 bits per heavy atom. The molecule has 17 heavy (non-hydrogen) atoms. The molecule has 0 spiro atoms. The van der Waals surface area contributed by atoms with Crippen molar-refractivity contribution < 1.29 is 0 Å². The van der Waals surface area contributed by atoms with Gasteiger partial charge in [-0.25, -0.2) is 0 Å². The first-order valence-corrected chi connectivity index (χ1v) is 5.88. The zero-order valence-corrected chi connectivity index (χ0v) is 9.86. The van der Waals surface area contributed by atoms with Gasteiger partial charge in [0.05, 0.1) is 5.35 Å². The Bertz CT molecular complexity index is 732. The van der Waals surface area contributed by atoms with E-state index in [1.54, 1.807) is 0 Å². The summed E-state index contributed by atoms with van der Waals surface area (Å²) in [4.78, 5) is 0. The lowest BCUT2D eigenvalue weighted by molar-refractivity contribution is 0.350. The number of nitrogens with zero attached hydrogens (tertiary/aromatic N) is 2. The predicted octanol–water partition coefficient (Wildman–Crippen LogP) is 0.828. The minimum atomic E-state index is 0.00558. The summed E-state index contributed by atoms with van der Waals surface area (Å²) < 4.78 is 0. The summed E-state index contributed by atoms with van der Waals surface area (Å²) in [5, 5.41) is 13.1. The largest absolute Gasteiger partial charge is 0.258 e. The normalized spacial score (nSPS) is 36.4. The molecule has 1 aromatic rings. The lowest BCUT2D eigenvalue weighted by Gasteiger charge is -2.35. The molecule has 1 heterocycles. The average molecular weight is 223 g/mol. The molecular weight excluding hydrogens is 210 g/mol. The average Bonchev–Trinajstić information content (AvgIpc) is 2.88. The van der Waals surface area contributed by atoms with Gasteiger partial charge >= 0.3 is 0 Å². The van der Waals surface area contributed by atoms with Crippen LogP contribution in [-0.2, 0) is 0 Å². The molecule has 0 amide bonds. The standard InChI is InChI=1S/C14H13N3/c1-13-7-5-9-3-4-11-12(16-17-15-11)10(6-8-13)14(9,13)2/h3-8H,1-2H3,(H,15,16). The summed E-state index contributed by atoms with van der Waals surface area (Å²) in [5.74, 6) is 0. The molecule has 3 aliphatic carbocycles. The van der Waals surface area contributed by atoms with Gasteiger partial charge in [-0.15, -0.1) is 5.10 Å². The SMILES string of the molecule is CC12C=CC3=CC=c4[nH]nnc4=C(C=C1)C32C. The Balaban J connectivity index is 2.25. The van der Waals surface area contributed by atoms with Crippen molar-refractivity contribution in [3.63, 3.8) is 0 Å². The summed E-state index contributed by atoms with van der Waals surface area (Å²) in [6.45, 7) is 4.57. The lowest BCUT2D eigenvalue weighted by atomic mass is 9.66. The van der Waals surface area contributed by atoms with Gasteiger partial charge in [-0.3, -0.25) is 5.10 Å². The Kier molecular flexibility index (Phi) is 1.35.